The average Bonchev–Trinajstić information content (AvgIpc) is 1.97. The van der Waals surface area contributed by atoms with Crippen molar-refractivity contribution in [2.24, 2.45) is 0 Å². The fourth-order valence-electron chi connectivity index (χ4n) is 0.511. The molecule has 62 valence electrons. The second-order valence-corrected chi connectivity index (χ2v) is 1.95. The van der Waals surface area contributed by atoms with Gasteiger partial charge in [0.1, 0.15) is 0 Å². The molecule has 0 radical (unpaired) electrons. The molecule has 0 heterocycles. The summed E-state index contributed by atoms with van der Waals surface area (Å²) in [4.78, 5) is 0. The molecule has 11 heavy (non-hydrogen) atoms. The fourth-order valence-corrected chi connectivity index (χ4v) is 0.511. The molecule has 0 saturated carbocycles. The summed E-state index contributed by atoms with van der Waals surface area (Å²) in [7, 11) is 0. The average molecular weight is 154 g/mol. The van der Waals surface area contributed by atoms with Crippen LogP contribution in [0.15, 0.2) is 24.3 Å². The SMILES string of the molecule is CCO.Nc1ccccc1N. The van der Waals surface area contributed by atoms with Crippen LogP contribution in [0.4, 0.5) is 11.4 Å². The normalized spacial score (nSPS) is 8.18. The zero-order chi connectivity index (χ0) is 8.69. The predicted octanol–water partition coefficient (Wildman–Crippen LogP) is 0.850. The second-order valence-electron chi connectivity index (χ2n) is 1.95. The molecular formula is C8H14N2O. The summed E-state index contributed by atoms with van der Waals surface area (Å²) in [6, 6.07) is 7.25. The van der Waals surface area contributed by atoms with Gasteiger partial charge in [0.2, 0.25) is 0 Å². The van der Waals surface area contributed by atoms with Crippen molar-refractivity contribution in [2.45, 2.75) is 6.92 Å². The Kier molecular flexibility index (Phi) is 4.94. The van der Waals surface area contributed by atoms with Crippen molar-refractivity contribution >= 4 is 11.4 Å². The summed E-state index contributed by atoms with van der Waals surface area (Å²) >= 11 is 0. The van der Waals surface area contributed by atoms with Gasteiger partial charge in [-0.15, -0.1) is 0 Å². The lowest BCUT2D eigenvalue weighted by Gasteiger charge is -1.94. The van der Waals surface area contributed by atoms with E-state index in [0.29, 0.717) is 11.4 Å². The van der Waals surface area contributed by atoms with Crippen molar-refractivity contribution in [3.05, 3.63) is 24.3 Å². The minimum Gasteiger partial charge on any atom is -0.397 e. The molecule has 0 aromatic heterocycles. The van der Waals surface area contributed by atoms with E-state index in [4.69, 9.17) is 16.6 Å². The molecule has 0 aliphatic rings. The molecule has 0 atom stereocenters. The Hall–Kier alpha value is -1.22. The molecule has 1 aromatic carbocycles. The van der Waals surface area contributed by atoms with E-state index in [1.165, 1.54) is 0 Å². The van der Waals surface area contributed by atoms with Crippen LogP contribution in [-0.2, 0) is 0 Å². The number of hydrogen-bond acceptors (Lipinski definition) is 3. The molecule has 0 aliphatic heterocycles. The highest BCUT2D eigenvalue weighted by atomic mass is 16.2. The number of rotatable bonds is 0. The van der Waals surface area contributed by atoms with Crippen LogP contribution in [0.3, 0.4) is 0 Å². The molecule has 0 aliphatic carbocycles. The maximum atomic E-state index is 7.57. The number of benzene rings is 1. The van der Waals surface area contributed by atoms with Crippen molar-refractivity contribution in [1.29, 1.82) is 0 Å². The van der Waals surface area contributed by atoms with E-state index in [9.17, 15) is 0 Å². The fraction of sp³-hybridized carbons (Fsp3) is 0.250. The Morgan fingerprint density at radius 3 is 1.64 bits per heavy atom. The summed E-state index contributed by atoms with van der Waals surface area (Å²) in [5.74, 6) is 0. The van der Waals surface area contributed by atoms with Gasteiger partial charge >= 0.3 is 0 Å². The Morgan fingerprint density at radius 1 is 1.18 bits per heavy atom. The van der Waals surface area contributed by atoms with E-state index < -0.39 is 0 Å². The van der Waals surface area contributed by atoms with Crippen LogP contribution < -0.4 is 11.5 Å². The van der Waals surface area contributed by atoms with Gasteiger partial charge < -0.3 is 16.6 Å². The second kappa shape index (κ2) is 5.56. The van der Waals surface area contributed by atoms with Gasteiger partial charge in [0.15, 0.2) is 0 Å². The first-order chi connectivity index (χ1) is 5.22. The summed E-state index contributed by atoms with van der Waals surface area (Å²) in [5, 5.41) is 7.57. The van der Waals surface area contributed by atoms with Gasteiger partial charge in [-0.25, -0.2) is 0 Å². The largest absolute Gasteiger partial charge is 0.397 e. The van der Waals surface area contributed by atoms with Crippen molar-refractivity contribution in [3.8, 4) is 0 Å². The minimum absolute atomic E-state index is 0.250. The third kappa shape index (κ3) is 4.22. The van der Waals surface area contributed by atoms with E-state index in [-0.39, 0.29) is 6.61 Å². The Labute approximate surface area is 66.6 Å². The molecule has 1 rings (SSSR count). The highest BCUT2D eigenvalue weighted by Crippen LogP contribution is 2.10. The van der Waals surface area contributed by atoms with Gasteiger partial charge in [-0.1, -0.05) is 12.1 Å². The van der Waals surface area contributed by atoms with E-state index >= 15 is 0 Å². The third-order valence-electron chi connectivity index (χ3n) is 0.996. The van der Waals surface area contributed by atoms with E-state index in [0.717, 1.165) is 0 Å². The van der Waals surface area contributed by atoms with Crippen molar-refractivity contribution < 1.29 is 5.11 Å². The van der Waals surface area contributed by atoms with Crippen molar-refractivity contribution in [3.63, 3.8) is 0 Å². The molecule has 0 spiro atoms. The Bertz CT molecular complexity index is 180. The molecule has 0 bridgehead atoms. The first kappa shape index (κ1) is 9.78. The molecular weight excluding hydrogens is 140 g/mol. The Morgan fingerprint density at radius 2 is 1.45 bits per heavy atom. The molecule has 0 fully saturated rings. The number of nitrogen functional groups attached to an aromatic ring is 2. The van der Waals surface area contributed by atoms with E-state index in [1.54, 1.807) is 19.1 Å². The molecule has 1 aromatic rings. The topological polar surface area (TPSA) is 72.3 Å². The molecule has 3 nitrogen and oxygen atoms in total. The zero-order valence-electron chi connectivity index (χ0n) is 6.62. The smallest absolute Gasteiger partial charge is 0.0547 e. The minimum atomic E-state index is 0.250. The quantitative estimate of drug-likeness (QED) is 0.485. The lowest BCUT2D eigenvalue weighted by atomic mass is 10.3. The van der Waals surface area contributed by atoms with Crippen LogP contribution in [0.2, 0.25) is 0 Å². The van der Waals surface area contributed by atoms with Crippen LogP contribution in [-0.4, -0.2) is 11.7 Å². The summed E-state index contributed by atoms with van der Waals surface area (Å²) in [6.07, 6.45) is 0. The summed E-state index contributed by atoms with van der Waals surface area (Å²) in [5.41, 5.74) is 12.1. The number of nitrogens with two attached hydrogens (primary N) is 2. The first-order valence-corrected chi connectivity index (χ1v) is 3.43. The number of hydrogen-bond donors (Lipinski definition) is 3. The van der Waals surface area contributed by atoms with Crippen molar-refractivity contribution in [2.75, 3.05) is 18.1 Å². The molecule has 0 unspecified atom stereocenters. The van der Waals surface area contributed by atoms with Gasteiger partial charge in [0.05, 0.1) is 11.4 Å². The van der Waals surface area contributed by atoms with Crippen LogP contribution in [0.5, 0.6) is 0 Å². The number of anilines is 2. The standard InChI is InChI=1S/C6H8N2.C2H6O/c7-5-3-1-2-4-6(5)8;1-2-3/h1-4H,7-8H2;3H,2H2,1H3. The van der Waals surface area contributed by atoms with Crippen LogP contribution in [0.1, 0.15) is 6.92 Å². The first-order valence-electron chi connectivity index (χ1n) is 3.43. The maximum absolute atomic E-state index is 7.57. The third-order valence-corrected chi connectivity index (χ3v) is 0.996. The van der Waals surface area contributed by atoms with Gasteiger partial charge in [-0.05, 0) is 19.1 Å². The van der Waals surface area contributed by atoms with E-state index in [1.807, 2.05) is 12.1 Å². The summed E-state index contributed by atoms with van der Waals surface area (Å²) < 4.78 is 0. The highest BCUT2D eigenvalue weighted by Gasteiger charge is 1.85. The van der Waals surface area contributed by atoms with Gasteiger partial charge in [0.25, 0.3) is 0 Å². The van der Waals surface area contributed by atoms with Crippen LogP contribution in [0.25, 0.3) is 0 Å². The lowest BCUT2D eigenvalue weighted by Crippen LogP contribution is -1.91. The number of aliphatic hydroxyl groups excluding tert-OH is 1. The molecule has 3 heteroatoms. The van der Waals surface area contributed by atoms with Crippen LogP contribution >= 0.6 is 0 Å². The van der Waals surface area contributed by atoms with Crippen molar-refractivity contribution in [1.82, 2.24) is 0 Å². The van der Waals surface area contributed by atoms with E-state index in [2.05, 4.69) is 0 Å². The number of para-hydroxylation sites is 2. The van der Waals surface area contributed by atoms with Crippen LogP contribution in [0, 0.1) is 0 Å². The Balaban J connectivity index is 0.000000292. The van der Waals surface area contributed by atoms with Gasteiger partial charge in [-0.2, -0.15) is 0 Å². The zero-order valence-corrected chi connectivity index (χ0v) is 6.62. The van der Waals surface area contributed by atoms with Gasteiger partial charge in [-0.3, -0.25) is 0 Å². The molecule has 0 saturated heterocycles. The summed E-state index contributed by atoms with van der Waals surface area (Å²) in [6.45, 7) is 1.93. The lowest BCUT2D eigenvalue weighted by molar-refractivity contribution is 0.318. The molecule has 0 amide bonds. The maximum Gasteiger partial charge on any atom is 0.0547 e. The predicted molar refractivity (Wildman–Crippen MR) is 48.0 cm³/mol. The monoisotopic (exact) mass is 154 g/mol. The highest BCUT2D eigenvalue weighted by molar-refractivity contribution is 5.62. The van der Waals surface area contributed by atoms with Gasteiger partial charge in [0, 0.05) is 6.61 Å². The number of aliphatic hydroxyl groups is 1. The molecule has 5 N–H and O–H groups in total.